The first-order valence-electron chi connectivity index (χ1n) is 5.23. The maximum absolute atomic E-state index is 12.4. The highest BCUT2D eigenvalue weighted by Gasteiger charge is 2.31. The van der Waals surface area contributed by atoms with Gasteiger partial charge in [-0.1, -0.05) is 13.3 Å². The van der Waals surface area contributed by atoms with Crippen molar-refractivity contribution in [1.82, 2.24) is 0 Å². The van der Waals surface area contributed by atoms with Crippen molar-refractivity contribution >= 4 is 0 Å². The Kier molecular flexibility index (Phi) is 4.38. The number of hydrogen-bond donors (Lipinski definition) is 0. The highest BCUT2D eigenvalue weighted by Crippen LogP contribution is 2.32. The fourth-order valence-electron chi connectivity index (χ4n) is 1.25. The molecule has 92 valence electrons. The lowest BCUT2D eigenvalue weighted by Gasteiger charge is -2.10. The molecule has 0 aliphatic carbocycles. The van der Waals surface area contributed by atoms with Crippen molar-refractivity contribution in [1.29, 1.82) is 5.26 Å². The van der Waals surface area contributed by atoms with E-state index in [-0.39, 0.29) is 11.3 Å². The monoisotopic (exact) mass is 243 g/mol. The van der Waals surface area contributed by atoms with E-state index in [0.29, 0.717) is 6.61 Å². The second-order valence-corrected chi connectivity index (χ2v) is 3.52. The predicted octanol–water partition coefficient (Wildman–Crippen LogP) is 3.76. The predicted molar refractivity (Wildman–Crippen MR) is 56.6 cm³/mol. The molecule has 0 aromatic heterocycles. The van der Waals surface area contributed by atoms with Crippen LogP contribution in [0.3, 0.4) is 0 Å². The zero-order valence-electron chi connectivity index (χ0n) is 9.34. The number of halogens is 3. The van der Waals surface area contributed by atoms with E-state index in [9.17, 15) is 13.2 Å². The number of hydrogen-bond acceptors (Lipinski definition) is 2. The first-order valence-corrected chi connectivity index (χ1v) is 5.23. The topological polar surface area (TPSA) is 33.0 Å². The molecule has 0 atom stereocenters. The highest BCUT2D eigenvalue weighted by atomic mass is 19.4. The normalized spacial score (nSPS) is 11.0. The number of ether oxygens (including phenoxy) is 1. The summed E-state index contributed by atoms with van der Waals surface area (Å²) < 4.78 is 42.4. The van der Waals surface area contributed by atoms with Gasteiger partial charge in [-0.3, -0.25) is 0 Å². The van der Waals surface area contributed by atoms with Gasteiger partial charge >= 0.3 is 6.18 Å². The van der Waals surface area contributed by atoms with Crippen molar-refractivity contribution in [2.75, 3.05) is 6.61 Å². The molecule has 0 aliphatic rings. The van der Waals surface area contributed by atoms with E-state index >= 15 is 0 Å². The minimum absolute atomic E-state index is 0.0871. The van der Waals surface area contributed by atoms with Gasteiger partial charge in [-0.2, -0.15) is 18.4 Å². The van der Waals surface area contributed by atoms with E-state index in [1.165, 1.54) is 6.07 Å². The summed E-state index contributed by atoms with van der Waals surface area (Å²) in [6.45, 7) is 2.37. The number of nitriles is 1. The lowest BCUT2D eigenvalue weighted by atomic mass is 10.1. The van der Waals surface area contributed by atoms with Gasteiger partial charge in [0, 0.05) is 0 Å². The first-order chi connectivity index (χ1) is 7.99. The molecule has 5 heteroatoms. The molecule has 2 nitrogen and oxygen atoms in total. The Morgan fingerprint density at radius 1 is 1.35 bits per heavy atom. The van der Waals surface area contributed by atoms with Crippen LogP contribution in [-0.2, 0) is 6.18 Å². The number of nitrogens with zero attached hydrogens (tertiary/aromatic N) is 1. The Morgan fingerprint density at radius 3 is 2.59 bits per heavy atom. The molecule has 0 N–H and O–H groups in total. The second kappa shape index (κ2) is 5.58. The molecule has 0 unspecified atom stereocenters. The molecule has 1 aromatic carbocycles. The summed E-state index contributed by atoms with van der Waals surface area (Å²) in [4.78, 5) is 0. The van der Waals surface area contributed by atoms with E-state index in [1.54, 1.807) is 6.07 Å². The van der Waals surface area contributed by atoms with Crippen LogP contribution < -0.4 is 4.74 Å². The standard InChI is InChI=1S/C12H12F3NO/c1-2-3-6-17-11-5-4-10(12(13,14)15)7-9(11)8-16/h4-5,7H,2-3,6H2,1H3. The minimum Gasteiger partial charge on any atom is -0.492 e. The molecule has 0 amide bonds. The maximum Gasteiger partial charge on any atom is 0.416 e. The Balaban J connectivity index is 2.91. The summed E-state index contributed by atoms with van der Waals surface area (Å²) >= 11 is 0. The Morgan fingerprint density at radius 2 is 2.06 bits per heavy atom. The molecule has 0 spiro atoms. The molecule has 0 saturated heterocycles. The molecule has 0 aliphatic heterocycles. The summed E-state index contributed by atoms with van der Waals surface area (Å²) in [6, 6.07) is 4.63. The van der Waals surface area contributed by atoms with Crippen LogP contribution in [0.15, 0.2) is 18.2 Å². The lowest BCUT2D eigenvalue weighted by molar-refractivity contribution is -0.137. The van der Waals surface area contributed by atoms with Crippen LogP contribution in [0.2, 0.25) is 0 Å². The summed E-state index contributed by atoms with van der Waals surface area (Å²) in [5.41, 5.74) is -0.923. The number of rotatable bonds is 4. The van der Waals surface area contributed by atoms with Gasteiger partial charge in [-0.05, 0) is 24.6 Å². The van der Waals surface area contributed by atoms with Crippen molar-refractivity contribution in [2.45, 2.75) is 25.9 Å². The van der Waals surface area contributed by atoms with E-state index in [2.05, 4.69) is 0 Å². The van der Waals surface area contributed by atoms with E-state index in [1.807, 2.05) is 6.92 Å². The third-order valence-electron chi connectivity index (χ3n) is 2.18. The molecule has 0 radical (unpaired) electrons. The molecular weight excluding hydrogens is 231 g/mol. The third kappa shape index (κ3) is 3.66. The van der Waals surface area contributed by atoms with Crippen LogP contribution in [0.4, 0.5) is 13.2 Å². The SMILES string of the molecule is CCCCOc1ccc(C(F)(F)F)cc1C#N. The smallest absolute Gasteiger partial charge is 0.416 e. The van der Waals surface area contributed by atoms with Gasteiger partial charge in [0.25, 0.3) is 0 Å². The third-order valence-corrected chi connectivity index (χ3v) is 2.18. The van der Waals surface area contributed by atoms with E-state index in [0.717, 1.165) is 25.0 Å². The van der Waals surface area contributed by atoms with Gasteiger partial charge in [0.15, 0.2) is 0 Å². The van der Waals surface area contributed by atoms with Crippen molar-refractivity contribution < 1.29 is 17.9 Å². The highest BCUT2D eigenvalue weighted by molar-refractivity contribution is 5.46. The fraction of sp³-hybridized carbons (Fsp3) is 0.417. The molecule has 1 rings (SSSR count). The Hall–Kier alpha value is -1.70. The second-order valence-electron chi connectivity index (χ2n) is 3.52. The Bertz CT molecular complexity index is 421. The quantitative estimate of drug-likeness (QED) is 0.754. The van der Waals surface area contributed by atoms with Crippen molar-refractivity contribution in [3.05, 3.63) is 29.3 Å². The summed E-state index contributed by atoms with van der Waals surface area (Å²) in [5, 5.41) is 8.77. The van der Waals surface area contributed by atoms with Crippen LogP contribution in [0.5, 0.6) is 5.75 Å². The van der Waals surface area contributed by atoms with Gasteiger partial charge in [-0.25, -0.2) is 0 Å². The zero-order valence-corrected chi connectivity index (χ0v) is 9.34. The van der Waals surface area contributed by atoms with Gasteiger partial charge in [-0.15, -0.1) is 0 Å². The average Bonchev–Trinajstić information content (AvgIpc) is 2.28. The zero-order chi connectivity index (χ0) is 12.9. The van der Waals surface area contributed by atoms with Gasteiger partial charge < -0.3 is 4.74 Å². The fourth-order valence-corrected chi connectivity index (χ4v) is 1.25. The van der Waals surface area contributed by atoms with Crippen LogP contribution in [0, 0.1) is 11.3 Å². The van der Waals surface area contributed by atoms with Crippen LogP contribution in [-0.4, -0.2) is 6.61 Å². The van der Waals surface area contributed by atoms with Gasteiger partial charge in [0.1, 0.15) is 11.8 Å². The summed E-state index contributed by atoms with van der Waals surface area (Å²) in [7, 11) is 0. The van der Waals surface area contributed by atoms with Crippen LogP contribution in [0.1, 0.15) is 30.9 Å². The average molecular weight is 243 g/mol. The van der Waals surface area contributed by atoms with E-state index in [4.69, 9.17) is 10.00 Å². The first kappa shape index (κ1) is 13.4. The molecule has 0 bridgehead atoms. The van der Waals surface area contributed by atoms with Crippen molar-refractivity contribution in [3.63, 3.8) is 0 Å². The van der Waals surface area contributed by atoms with Gasteiger partial charge in [0.2, 0.25) is 0 Å². The Labute approximate surface area is 97.6 Å². The summed E-state index contributed by atoms with van der Waals surface area (Å²) in [6.07, 6.45) is -2.72. The van der Waals surface area contributed by atoms with Gasteiger partial charge in [0.05, 0.1) is 17.7 Å². The van der Waals surface area contributed by atoms with Crippen LogP contribution >= 0.6 is 0 Å². The lowest BCUT2D eigenvalue weighted by Crippen LogP contribution is -2.06. The van der Waals surface area contributed by atoms with Crippen LogP contribution in [0.25, 0.3) is 0 Å². The number of alkyl halides is 3. The molecule has 0 heterocycles. The van der Waals surface area contributed by atoms with Crippen molar-refractivity contribution in [3.8, 4) is 11.8 Å². The molecule has 0 saturated carbocycles. The largest absolute Gasteiger partial charge is 0.492 e. The van der Waals surface area contributed by atoms with Crippen molar-refractivity contribution in [2.24, 2.45) is 0 Å². The number of benzene rings is 1. The maximum atomic E-state index is 12.4. The van der Waals surface area contributed by atoms with E-state index < -0.39 is 11.7 Å². The molecule has 0 fully saturated rings. The molecule has 17 heavy (non-hydrogen) atoms. The molecule has 1 aromatic rings. The number of unbranched alkanes of at least 4 members (excludes halogenated alkanes) is 1. The summed E-state index contributed by atoms with van der Waals surface area (Å²) in [5.74, 6) is 0.203. The molecular formula is C12H12F3NO. The minimum atomic E-state index is -4.44.